The minimum Gasteiger partial charge on any atom is -0.309 e. The molecule has 1 heteroatoms. The van der Waals surface area contributed by atoms with Crippen LogP contribution in [0.25, 0.3) is 38.6 Å². The minimum atomic E-state index is 1.20. The summed E-state index contributed by atoms with van der Waals surface area (Å²) in [4.78, 5) is 0. The number of fused-ring (bicyclic) bond motifs is 3. The second-order valence-corrected chi connectivity index (χ2v) is 6.79. The summed E-state index contributed by atoms with van der Waals surface area (Å²) in [6, 6.07) is 34.8. The molecule has 0 atom stereocenters. The van der Waals surface area contributed by atoms with Gasteiger partial charge in [0, 0.05) is 16.5 Å². The van der Waals surface area contributed by atoms with Crippen molar-refractivity contribution in [1.29, 1.82) is 0 Å². The average Bonchev–Trinajstić information content (AvgIpc) is 3.09. The van der Waals surface area contributed by atoms with Crippen molar-refractivity contribution in [2.75, 3.05) is 0 Å². The number of nitrogens with zero attached hydrogens (tertiary/aromatic N) is 1. The van der Waals surface area contributed by atoms with E-state index in [9.17, 15) is 0 Å². The topological polar surface area (TPSA) is 4.93 Å². The van der Waals surface area contributed by atoms with Gasteiger partial charge in [0.1, 0.15) is 0 Å². The number of benzene rings is 4. The van der Waals surface area contributed by atoms with Gasteiger partial charge in [-0.05, 0) is 48.4 Å². The molecule has 0 radical (unpaired) electrons. The number of para-hydroxylation sites is 2. The lowest BCUT2D eigenvalue weighted by molar-refractivity contribution is 1.18. The van der Waals surface area contributed by atoms with Gasteiger partial charge in [0.25, 0.3) is 0 Å². The smallest absolute Gasteiger partial charge is 0.0541 e. The highest BCUT2D eigenvalue weighted by atomic mass is 15.0. The highest BCUT2D eigenvalue weighted by Crippen LogP contribution is 2.34. The molecule has 0 N–H and O–H groups in total. The van der Waals surface area contributed by atoms with E-state index in [2.05, 4.69) is 109 Å². The predicted molar refractivity (Wildman–Crippen MR) is 122 cm³/mol. The number of aryl methyl sites for hydroxylation is 1. The number of hydrogen-bond donors (Lipinski definition) is 0. The monoisotopic (exact) mass is 363 g/mol. The Balaban J connectivity index is 0.000000932. The fourth-order valence-corrected chi connectivity index (χ4v) is 3.83. The van der Waals surface area contributed by atoms with Crippen LogP contribution in [0.5, 0.6) is 0 Å². The maximum absolute atomic E-state index is 2.35. The van der Waals surface area contributed by atoms with E-state index in [1.165, 1.54) is 44.2 Å². The molecule has 0 saturated heterocycles. The summed E-state index contributed by atoms with van der Waals surface area (Å²) in [6.45, 7) is 6.14. The average molecular weight is 364 g/mol. The van der Waals surface area contributed by atoms with E-state index in [4.69, 9.17) is 0 Å². The number of aromatic nitrogens is 1. The molecule has 0 amide bonds. The van der Waals surface area contributed by atoms with Gasteiger partial charge in [0.15, 0.2) is 0 Å². The highest BCUT2D eigenvalue weighted by molar-refractivity contribution is 6.10. The fourth-order valence-electron chi connectivity index (χ4n) is 3.83. The van der Waals surface area contributed by atoms with Gasteiger partial charge in [-0.2, -0.15) is 0 Å². The summed E-state index contributed by atoms with van der Waals surface area (Å²) >= 11 is 0. The fraction of sp³-hybridized carbons (Fsp3) is 0.111. The molecular weight excluding hydrogens is 338 g/mol. The van der Waals surface area contributed by atoms with Crippen LogP contribution in [-0.4, -0.2) is 4.57 Å². The molecule has 0 aliphatic rings. The first-order valence-electron chi connectivity index (χ1n) is 9.97. The van der Waals surface area contributed by atoms with Crippen molar-refractivity contribution >= 4 is 21.8 Å². The quantitative estimate of drug-likeness (QED) is 0.302. The van der Waals surface area contributed by atoms with Gasteiger partial charge in [-0.25, -0.2) is 0 Å². The molecule has 4 aromatic carbocycles. The largest absolute Gasteiger partial charge is 0.309 e. The lowest BCUT2D eigenvalue weighted by atomic mass is 10.0. The Kier molecular flexibility index (Phi) is 4.99. The standard InChI is InChI=1S/C25H19N.C2H6/c1-18-8-7-9-19(16-18)20-14-15-25-23(17-20)22-12-5-6-13-24(22)26(25)21-10-3-2-4-11-21;1-2/h2-17H,1H3;1-2H3. The van der Waals surface area contributed by atoms with Gasteiger partial charge in [-0.3, -0.25) is 0 Å². The first kappa shape index (κ1) is 18.1. The molecule has 5 rings (SSSR count). The van der Waals surface area contributed by atoms with E-state index in [0.29, 0.717) is 0 Å². The van der Waals surface area contributed by atoms with Crippen molar-refractivity contribution in [2.45, 2.75) is 20.8 Å². The van der Waals surface area contributed by atoms with Crippen LogP contribution in [-0.2, 0) is 0 Å². The normalized spacial score (nSPS) is 10.7. The Morgan fingerprint density at radius 3 is 2.00 bits per heavy atom. The van der Waals surface area contributed by atoms with Crippen molar-refractivity contribution in [2.24, 2.45) is 0 Å². The molecule has 0 spiro atoms. The van der Waals surface area contributed by atoms with Crippen LogP contribution in [0, 0.1) is 6.92 Å². The molecule has 0 fully saturated rings. The first-order chi connectivity index (χ1) is 13.8. The van der Waals surface area contributed by atoms with Crippen LogP contribution < -0.4 is 0 Å². The van der Waals surface area contributed by atoms with Crippen LogP contribution in [0.3, 0.4) is 0 Å². The van der Waals surface area contributed by atoms with Gasteiger partial charge in [0.2, 0.25) is 0 Å². The van der Waals surface area contributed by atoms with Crippen molar-refractivity contribution < 1.29 is 0 Å². The highest BCUT2D eigenvalue weighted by Gasteiger charge is 2.12. The van der Waals surface area contributed by atoms with E-state index >= 15 is 0 Å². The molecule has 0 saturated carbocycles. The third-order valence-electron chi connectivity index (χ3n) is 5.04. The number of rotatable bonds is 2. The van der Waals surface area contributed by atoms with Crippen LogP contribution in [0.15, 0.2) is 97.1 Å². The van der Waals surface area contributed by atoms with Gasteiger partial charge in [-0.1, -0.05) is 86.1 Å². The Labute approximate surface area is 166 Å². The molecule has 1 nitrogen and oxygen atoms in total. The third kappa shape index (κ3) is 3.10. The molecule has 138 valence electrons. The maximum Gasteiger partial charge on any atom is 0.0541 e. The summed E-state index contributed by atoms with van der Waals surface area (Å²) in [6.07, 6.45) is 0. The summed E-state index contributed by atoms with van der Waals surface area (Å²) in [5, 5.41) is 2.59. The Hall–Kier alpha value is -3.32. The lowest BCUT2D eigenvalue weighted by Gasteiger charge is -2.08. The van der Waals surface area contributed by atoms with Gasteiger partial charge >= 0.3 is 0 Å². The van der Waals surface area contributed by atoms with E-state index in [1.807, 2.05) is 13.8 Å². The van der Waals surface area contributed by atoms with E-state index < -0.39 is 0 Å². The SMILES string of the molecule is CC.Cc1cccc(-c2ccc3c(c2)c2ccccc2n3-c2ccccc2)c1. The second-order valence-electron chi connectivity index (χ2n) is 6.79. The summed E-state index contributed by atoms with van der Waals surface area (Å²) in [5.74, 6) is 0. The summed E-state index contributed by atoms with van der Waals surface area (Å²) < 4.78 is 2.35. The summed E-state index contributed by atoms with van der Waals surface area (Å²) in [7, 11) is 0. The summed E-state index contributed by atoms with van der Waals surface area (Å²) in [5.41, 5.74) is 7.50. The zero-order chi connectivity index (χ0) is 19.5. The van der Waals surface area contributed by atoms with E-state index in [-0.39, 0.29) is 0 Å². The molecule has 28 heavy (non-hydrogen) atoms. The van der Waals surface area contributed by atoms with Gasteiger partial charge < -0.3 is 4.57 Å². The van der Waals surface area contributed by atoms with E-state index in [1.54, 1.807) is 0 Å². The predicted octanol–water partition coefficient (Wildman–Crippen LogP) is 7.79. The molecule has 1 aromatic heterocycles. The zero-order valence-corrected chi connectivity index (χ0v) is 16.7. The second kappa shape index (κ2) is 7.74. The zero-order valence-electron chi connectivity index (χ0n) is 16.7. The molecule has 0 aliphatic carbocycles. The molecule has 0 unspecified atom stereocenters. The van der Waals surface area contributed by atoms with Crippen molar-refractivity contribution in [3.63, 3.8) is 0 Å². The number of hydrogen-bond acceptors (Lipinski definition) is 0. The van der Waals surface area contributed by atoms with Crippen molar-refractivity contribution in [1.82, 2.24) is 4.57 Å². The first-order valence-corrected chi connectivity index (χ1v) is 9.97. The maximum atomic E-state index is 2.35. The van der Waals surface area contributed by atoms with Crippen LogP contribution in [0.1, 0.15) is 19.4 Å². The van der Waals surface area contributed by atoms with Crippen molar-refractivity contribution in [3.05, 3.63) is 103 Å². The van der Waals surface area contributed by atoms with Crippen LogP contribution in [0.2, 0.25) is 0 Å². The van der Waals surface area contributed by atoms with E-state index in [0.717, 1.165) is 0 Å². The third-order valence-corrected chi connectivity index (χ3v) is 5.04. The molecule has 5 aromatic rings. The molecule has 1 heterocycles. The lowest BCUT2D eigenvalue weighted by Crippen LogP contribution is -1.92. The van der Waals surface area contributed by atoms with Gasteiger partial charge in [0.05, 0.1) is 11.0 Å². The molecule has 0 bridgehead atoms. The van der Waals surface area contributed by atoms with Gasteiger partial charge in [-0.15, -0.1) is 0 Å². The Morgan fingerprint density at radius 2 is 1.21 bits per heavy atom. The Morgan fingerprint density at radius 1 is 0.536 bits per heavy atom. The molecular formula is C27H25N. The minimum absolute atomic E-state index is 1.20. The van der Waals surface area contributed by atoms with Crippen molar-refractivity contribution in [3.8, 4) is 16.8 Å². The van der Waals surface area contributed by atoms with Crippen LogP contribution in [0.4, 0.5) is 0 Å². The molecule has 0 aliphatic heterocycles. The Bertz CT molecular complexity index is 1230. The van der Waals surface area contributed by atoms with Crippen LogP contribution >= 0.6 is 0 Å².